The van der Waals surface area contributed by atoms with Gasteiger partial charge >= 0.3 is 0 Å². The Morgan fingerprint density at radius 1 is 1.09 bits per heavy atom. The molecule has 22 heavy (non-hydrogen) atoms. The summed E-state index contributed by atoms with van der Waals surface area (Å²) in [7, 11) is 0.443. The molecule has 0 saturated heterocycles. The van der Waals surface area contributed by atoms with Gasteiger partial charge in [-0.25, -0.2) is 8.42 Å². The van der Waals surface area contributed by atoms with Crippen LogP contribution >= 0.6 is 22.9 Å². The number of thiophene rings is 1. The maximum atomic E-state index is 12.6. The molecule has 4 nitrogen and oxygen atoms in total. The Morgan fingerprint density at radius 3 is 2.18 bits per heavy atom. The average Bonchev–Trinajstić information content (AvgIpc) is 2.92. The van der Waals surface area contributed by atoms with Crippen LogP contribution in [-0.4, -0.2) is 33.4 Å². The van der Waals surface area contributed by atoms with Gasteiger partial charge in [0.15, 0.2) is 0 Å². The first-order chi connectivity index (χ1) is 10.3. The van der Waals surface area contributed by atoms with Crippen molar-refractivity contribution in [1.82, 2.24) is 4.31 Å². The van der Waals surface area contributed by atoms with Crippen LogP contribution in [0.5, 0.6) is 0 Å². The Balaban J connectivity index is 2.21. The standard InChI is InChI=1S/C15H19ClN2O2S2/c1-4-18(22(19,20)15-10-9-14(16)21-15)11-12-5-7-13(8-6-12)17(2)3/h5-10H,4,11H2,1-3H3. The summed E-state index contributed by atoms with van der Waals surface area (Å²) in [5.41, 5.74) is 2.04. The van der Waals surface area contributed by atoms with Crippen molar-refractivity contribution in [3.63, 3.8) is 0 Å². The lowest BCUT2D eigenvalue weighted by Gasteiger charge is -2.20. The third kappa shape index (κ3) is 3.81. The molecule has 7 heteroatoms. The van der Waals surface area contributed by atoms with E-state index in [0.717, 1.165) is 22.6 Å². The molecule has 1 aromatic heterocycles. The smallest absolute Gasteiger partial charge is 0.252 e. The molecule has 0 aliphatic heterocycles. The summed E-state index contributed by atoms with van der Waals surface area (Å²) in [6.45, 7) is 2.59. The van der Waals surface area contributed by atoms with Gasteiger partial charge in [-0.3, -0.25) is 0 Å². The van der Waals surface area contributed by atoms with Gasteiger partial charge in [0.2, 0.25) is 0 Å². The zero-order valence-electron chi connectivity index (χ0n) is 12.8. The third-order valence-electron chi connectivity index (χ3n) is 3.31. The number of nitrogens with zero attached hydrogens (tertiary/aromatic N) is 2. The van der Waals surface area contributed by atoms with Crippen LogP contribution in [0.4, 0.5) is 5.69 Å². The molecule has 0 spiro atoms. The number of anilines is 1. The molecule has 1 aromatic carbocycles. The lowest BCUT2D eigenvalue weighted by atomic mass is 10.2. The van der Waals surface area contributed by atoms with Crippen LogP contribution in [0.25, 0.3) is 0 Å². The Morgan fingerprint density at radius 2 is 1.73 bits per heavy atom. The molecule has 120 valence electrons. The van der Waals surface area contributed by atoms with Crippen LogP contribution in [0.1, 0.15) is 12.5 Å². The zero-order valence-corrected chi connectivity index (χ0v) is 15.2. The number of benzene rings is 1. The number of hydrogen-bond acceptors (Lipinski definition) is 4. The minimum absolute atomic E-state index is 0.282. The third-order valence-corrected chi connectivity index (χ3v) is 6.93. The first-order valence-corrected chi connectivity index (χ1v) is 9.49. The normalized spacial score (nSPS) is 11.9. The summed E-state index contributed by atoms with van der Waals surface area (Å²) in [6.07, 6.45) is 0. The average molecular weight is 359 g/mol. The van der Waals surface area contributed by atoms with Gasteiger partial charge in [-0.05, 0) is 29.8 Å². The Labute approximate surface area is 141 Å². The quantitative estimate of drug-likeness (QED) is 0.790. The molecule has 2 aromatic rings. The summed E-state index contributed by atoms with van der Waals surface area (Å²) in [5, 5.41) is 0. The predicted octanol–water partition coefficient (Wildman–Crippen LogP) is 3.68. The van der Waals surface area contributed by atoms with E-state index in [1.165, 1.54) is 4.31 Å². The van der Waals surface area contributed by atoms with E-state index in [4.69, 9.17) is 11.6 Å². The molecule has 0 fully saturated rings. The van der Waals surface area contributed by atoms with Crippen molar-refractivity contribution in [3.05, 3.63) is 46.3 Å². The SMILES string of the molecule is CCN(Cc1ccc(N(C)C)cc1)S(=O)(=O)c1ccc(Cl)s1. The minimum Gasteiger partial charge on any atom is -0.378 e. The van der Waals surface area contributed by atoms with Gasteiger partial charge < -0.3 is 4.90 Å². The summed E-state index contributed by atoms with van der Waals surface area (Å²) < 4.78 is 27.5. The van der Waals surface area contributed by atoms with Crippen LogP contribution in [0.3, 0.4) is 0 Å². The van der Waals surface area contributed by atoms with E-state index in [9.17, 15) is 8.42 Å². The number of sulfonamides is 1. The Hall–Kier alpha value is -1.08. The Bertz CT molecular complexity index is 724. The molecule has 0 bridgehead atoms. The molecule has 1 heterocycles. The highest BCUT2D eigenvalue weighted by Crippen LogP contribution is 2.29. The van der Waals surface area contributed by atoms with Crippen LogP contribution in [-0.2, 0) is 16.6 Å². The van der Waals surface area contributed by atoms with Crippen LogP contribution in [0.15, 0.2) is 40.6 Å². The van der Waals surface area contributed by atoms with E-state index >= 15 is 0 Å². The van der Waals surface area contributed by atoms with Gasteiger partial charge in [-0.2, -0.15) is 4.31 Å². The molecule has 0 atom stereocenters. The largest absolute Gasteiger partial charge is 0.378 e. The van der Waals surface area contributed by atoms with Crippen LogP contribution < -0.4 is 4.90 Å². The van der Waals surface area contributed by atoms with Crippen molar-refractivity contribution >= 4 is 38.6 Å². The lowest BCUT2D eigenvalue weighted by Crippen LogP contribution is -2.29. The van der Waals surface area contributed by atoms with Crippen molar-refractivity contribution in [3.8, 4) is 0 Å². The first kappa shape index (κ1) is 17.3. The maximum absolute atomic E-state index is 12.6. The van der Waals surface area contributed by atoms with Gasteiger partial charge in [-0.1, -0.05) is 30.7 Å². The topological polar surface area (TPSA) is 40.6 Å². The lowest BCUT2D eigenvalue weighted by molar-refractivity contribution is 0.425. The maximum Gasteiger partial charge on any atom is 0.252 e. The van der Waals surface area contributed by atoms with Gasteiger partial charge in [0.25, 0.3) is 10.0 Å². The minimum atomic E-state index is -3.50. The van der Waals surface area contributed by atoms with Crippen LogP contribution in [0.2, 0.25) is 4.34 Å². The fraction of sp³-hybridized carbons (Fsp3) is 0.333. The molecule has 0 saturated carbocycles. The molecular weight excluding hydrogens is 340 g/mol. The fourth-order valence-electron chi connectivity index (χ4n) is 2.03. The molecule has 2 rings (SSSR count). The highest BCUT2D eigenvalue weighted by atomic mass is 35.5. The molecular formula is C15H19ClN2O2S2. The number of rotatable bonds is 6. The van der Waals surface area contributed by atoms with E-state index in [1.54, 1.807) is 12.1 Å². The summed E-state index contributed by atoms with van der Waals surface area (Å²) in [6, 6.07) is 11.0. The molecule has 0 aliphatic carbocycles. The van der Waals surface area contributed by atoms with Crippen molar-refractivity contribution < 1.29 is 8.42 Å². The summed E-state index contributed by atoms with van der Waals surface area (Å²) in [4.78, 5) is 2.01. The van der Waals surface area contributed by atoms with E-state index < -0.39 is 10.0 Å². The number of halogens is 1. The molecule has 0 unspecified atom stereocenters. The second-order valence-corrected chi connectivity index (χ2v) is 8.93. The van der Waals surface area contributed by atoms with Gasteiger partial charge in [-0.15, -0.1) is 11.3 Å². The van der Waals surface area contributed by atoms with E-state index in [2.05, 4.69) is 0 Å². The summed E-state index contributed by atoms with van der Waals surface area (Å²) in [5.74, 6) is 0. The second kappa shape index (κ2) is 7.00. The highest BCUT2D eigenvalue weighted by molar-refractivity contribution is 7.91. The van der Waals surface area contributed by atoms with Gasteiger partial charge in [0.05, 0.1) is 4.34 Å². The van der Waals surface area contributed by atoms with E-state index in [0.29, 0.717) is 17.4 Å². The predicted molar refractivity (Wildman–Crippen MR) is 93.4 cm³/mol. The molecule has 0 N–H and O–H groups in total. The zero-order chi connectivity index (χ0) is 16.3. The molecule has 0 radical (unpaired) electrons. The summed E-state index contributed by atoms with van der Waals surface area (Å²) >= 11 is 6.94. The van der Waals surface area contributed by atoms with Crippen LogP contribution in [0, 0.1) is 0 Å². The van der Waals surface area contributed by atoms with Crippen molar-refractivity contribution in [2.45, 2.75) is 17.7 Å². The Kier molecular flexibility index (Phi) is 5.50. The van der Waals surface area contributed by atoms with E-state index in [-0.39, 0.29) is 4.21 Å². The highest BCUT2D eigenvalue weighted by Gasteiger charge is 2.24. The first-order valence-electron chi connectivity index (χ1n) is 6.86. The van der Waals surface area contributed by atoms with E-state index in [1.807, 2.05) is 50.2 Å². The monoisotopic (exact) mass is 358 g/mol. The van der Waals surface area contributed by atoms with Crippen molar-refractivity contribution in [2.24, 2.45) is 0 Å². The van der Waals surface area contributed by atoms with Gasteiger partial charge in [0, 0.05) is 32.9 Å². The molecule has 0 aliphatic rings. The molecule has 0 amide bonds. The number of hydrogen-bond donors (Lipinski definition) is 0. The van der Waals surface area contributed by atoms with Crippen molar-refractivity contribution in [1.29, 1.82) is 0 Å². The fourth-order valence-corrected chi connectivity index (χ4v) is 5.11. The second-order valence-electron chi connectivity index (χ2n) is 5.05. The van der Waals surface area contributed by atoms with Crippen molar-refractivity contribution in [2.75, 3.05) is 25.5 Å². The van der Waals surface area contributed by atoms with Gasteiger partial charge in [0.1, 0.15) is 4.21 Å².